The summed E-state index contributed by atoms with van der Waals surface area (Å²) in [6, 6.07) is 19.9. The van der Waals surface area contributed by atoms with Gasteiger partial charge in [-0.15, -0.1) is 0 Å². The molecule has 0 saturated carbocycles. The first-order chi connectivity index (χ1) is 14.5. The Labute approximate surface area is 196 Å². The maximum atomic E-state index is 6.47. The van der Waals surface area contributed by atoms with Gasteiger partial charge in [-0.1, -0.05) is 39.7 Å². The van der Waals surface area contributed by atoms with Gasteiger partial charge in [0.25, 0.3) is 0 Å². The Kier molecular flexibility index (Phi) is 5.25. The Balaban J connectivity index is 1.60. The van der Waals surface area contributed by atoms with Gasteiger partial charge in [-0.2, -0.15) is 5.10 Å². The standard InChI is InChI=1S/C23H17Br2ClN2O2/c1-29-17-8-4-13(5-9-17)20-12-21-18-10-15(24)11-19(25)22(18)30-23(28(21)27-20)14-2-6-16(26)7-3-14/h2-11,21,23H,12H2,1H3. The molecule has 2 heterocycles. The van der Waals surface area contributed by atoms with Crippen LogP contribution in [-0.4, -0.2) is 17.8 Å². The van der Waals surface area contributed by atoms with Crippen molar-refractivity contribution in [1.82, 2.24) is 5.01 Å². The molecule has 5 rings (SSSR count). The van der Waals surface area contributed by atoms with E-state index < -0.39 is 0 Å². The normalized spacial score (nSPS) is 19.6. The first-order valence-electron chi connectivity index (χ1n) is 9.45. The first-order valence-corrected chi connectivity index (χ1v) is 11.4. The van der Waals surface area contributed by atoms with E-state index in [4.69, 9.17) is 26.2 Å². The number of ether oxygens (including phenoxy) is 2. The molecular weight excluding hydrogens is 532 g/mol. The highest BCUT2D eigenvalue weighted by molar-refractivity contribution is 9.11. The van der Waals surface area contributed by atoms with Gasteiger partial charge in [-0.3, -0.25) is 0 Å². The van der Waals surface area contributed by atoms with Crippen LogP contribution >= 0.6 is 43.5 Å². The van der Waals surface area contributed by atoms with E-state index in [0.717, 1.165) is 49.3 Å². The van der Waals surface area contributed by atoms with Crippen LogP contribution in [0.1, 0.15) is 35.4 Å². The summed E-state index contributed by atoms with van der Waals surface area (Å²) >= 11 is 13.4. The summed E-state index contributed by atoms with van der Waals surface area (Å²) in [5.74, 6) is 1.68. The third-order valence-electron chi connectivity index (χ3n) is 5.39. The lowest BCUT2D eigenvalue weighted by molar-refractivity contribution is -0.0197. The molecule has 0 saturated heterocycles. The number of hydrogen-bond acceptors (Lipinski definition) is 4. The first kappa shape index (κ1) is 19.9. The van der Waals surface area contributed by atoms with Crippen molar-refractivity contribution in [2.75, 3.05) is 7.11 Å². The summed E-state index contributed by atoms with van der Waals surface area (Å²) in [4.78, 5) is 0. The monoisotopic (exact) mass is 546 g/mol. The fourth-order valence-corrected chi connectivity index (χ4v) is 5.40. The van der Waals surface area contributed by atoms with Crippen molar-refractivity contribution >= 4 is 49.2 Å². The average molecular weight is 549 g/mol. The third kappa shape index (κ3) is 3.51. The number of hydrazone groups is 1. The number of halogens is 3. The number of benzene rings is 3. The van der Waals surface area contributed by atoms with Crippen LogP contribution in [0.4, 0.5) is 0 Å². The highest BCUT2D eigenvalue weighted by Gasteiger charge is 2.41. The van der Waals surface area contributed by atoms with Crippen molar-refractivity contribution in [1.29, 1.82) is 0 Å². The number of nitrogens with zero attached hydrogens (tertiary/aromatic N) is 2. The van der Waals surface area contributed by atoms with Crippen LogP contribution in [0.2, 0.25) is 5.02 Å². The van der Waals surface area contributed by atoms with Crippen molar-refractivity contribution in [3.05, 3.63) is 91.3 Å². The quantitative estimate of drug-likeness (QED) is 0.350. The zero-order valence-electron chi connectivity index (χ0n) is 16.0. The van der Waals surface area contributed by atoms with Gasteiger partial charge in [-0.05, 0) is 70.0 Å². The van der Waals surface area contributed by atoms with Gasteiger partial charge in [0.1, 0.15) is 11.5 Å². The van der Waals surface area contributed by atoms with E-state index in [1.54, 1.807) is 7.11 Å². The number of hydrogen-bond donors (Lipinski definition) is 0. The summed E-state index contributed by atoms with van der Waals surface area (Å²) in [5.41, 5.74) is 4.21. The van der Waals surface area contributed by atoms with E-state index in [1.807, 2.05) is 54.6 Å². The summed E-state index contributed by atoms with van der Waals surface area (Å²) in [5, 5.41) is 7.75. The molecule has 0 aliphatic carbocycles. The molecule has 7 heteroatoms. The van der Waals surface area contributed by atoms with Gasteiger partial charge in [0.05, 0.1) is 23.3 Å². The molecule has 0 radical (unpaired) electrons. The molecule has 2 atom stereocenters. The molecule has 0 bridgehead atoms. The van der Waals surface area contributed by atoms with Crippen LogP contribution in [-0.2, 0) is 0 Å². The summed E-state index contributed by atoms with van der Waals surface area (Å²) < 4.78 is 13.7. The lowest BCUT2D eigenvalue weighted by Gasteiger charge is -2.38. The summed E-state index contributed by atoms with van der Waals surface area (Å²) in [7, 11) is 1.67. The molecule has 0 fully saturated rings. The van der Waals surface area contributed by atoms with E-state index in [2.05, 4.69) is 42.9 Å². The van der Waals surface area contributed by atoms with Gasteiger partial charge in [-0.25, -0.2) is 5.01 Å². The Bertz CT molecular complexity index is 1130. The molecule has 0 amide bonds. The molecule has 4 nitrogen and oxygen atoms in total. The zero-order valence-corrected chi connectivity index (χ0v) is 19.9. The van der Waals surface area contributed by atoms with E-state index in [9.17, 15) is 0 Å². The number of fused-ring (bicyclic) bond motifs is 3. The van der Waals surface area contributed by atoms with Crippen LogP contribution in [0, 0.1) is 0 Å². The van der Waals surface area contributed by atoms with E-state index in [0.29, 0.717) is 5.02 Å². The second-order valence-electron chi connectivity index (χ2n) is 7.20. The minimum atomic E-state index is -0.340. The minimum absolute atomic E-state index is 0.0697. The van der Waals surface area contributed by atoms with Crippen LogP contribution in [0.5, 0.6) is 11.5 Å². The van der Waals surface area contributed by atoms with E-state index in [-0.39, 0.29) is 12.3 Å². The minimum Gasteiger partial charge on any atom is -0.497 e. The largest absolute Gasteiger partial charge is 0.497 e. The highest BCUT2D eigenvalue weighted by Crippen LogP contribution is 2.50. The molecule has 0 N–H and O–H groups in total. The van der Waals surface area contributed by atoms with Crippen LogP contribution in [0.25, 0.3) is 0 Å². The lowest BCUT2D eigenvalue weighted by Crippen LogP contribution is -2.33. The molecule has 3 aromatic carbocycles. The fraction of sp³-hybridized carbons (Fsp3) is 0.174. The summed E-state index contributed by atoms with van der Waals surface area (Å²) in [6.45, 7) is 0. The molecule has 2 aliphatic rings. The van der Waals surface area contributed by atoms with Crippen LogP contribution < -0.4 is 9.47 Å². The van der Waals surface area contributed by atoms with Gasteiger partial charge >= 0.3 is 0 Å². The van der Waals surface area contributed by atoms with Crippen molar-refractivity contribution < 1.29 is 9.47 Å². The smallest absolute Gasteiger partial charge is 0.213 e. The second kappa shape index (κ2) is 7.91. The maximum absolute atomic E-state index is 6.47. The molecule has 30 heavy (non-hydrogen) atoms. The molecule has 3 aromatic rings. The van der Waals surface area contributed by atoms with Crippen molar-refractivity contribution in [2.45, 2.75) is 18.7 Å². The zero-order chi connectivity index (χ0) is 20.8. The van der Waals surface area contributed by atoms with Gasteiger partial charge in [0.15, 0.2) is 0 Å². The topological polar surface area (TPSA) is 34.1 Å². The molecule has 2 unspecified atom stereocenters. The summed E-state index contributed by atoms with van der Waals surface area (Å²) in [6.07, 6.45) is 0.448. The number of methoxy groups -OCH3 is 1. The SMILES string of the molecule is COc1ccc(C2=NN3C(C2)c2cc(Br)cc(Br)c2OC3c2ccc(Cl)cc2)cc1. The predicted molar refractivity (Wildman–Crippen MR) is 125 cm³/mol. The molecule has 152 valence electrons. The van der Waals surface area contributed by atoms with Crippen LogP contribution in [0.15, 0.2) is 74.7 Å². The highest BCUT2D eigenvalue weighted by atomic mass is 79.9. The Morgan fingerprint density at radius 1 is 1.07 bits per heavy atom. The molecule has 0 spiro atoms. The van der Waals surface area contributed by atoms with Gasteiger partial charge in [0.2, 0.25) is 6.23 Å². The molecular formula is C23H17Br2ClN2O2. The third-order valence-corrected chi connectivity index (χ3v) is 6.69. The van der Waals surface area contributed by atoms with Crippen molar-refractivity contribution in [2.24, 2.45) is 5.10 Å². The predicted octanol–water partition coefficient (Wildman–Crippen LogP) is 7.12. The lowest BCUT2D eigenvalue weighted by atomic mass is 9.96. The Morgan fingerprint density at radius 2 is 1.80 bits per heavy atom. The van der Waals surface area contributed by atoms with Gasteiger partial charge in [0, 0.05) is 27.0 Å². The molecule has 0 aromatic heterocycles. The Hall–Kier alpha value is -2.02. The maximum Gasteiger partial charge on any atom is 0.213 e. The van der Waals surface area contributed by atoms with E-state index >= 15 is 0 Å². The second-order valence-corrected chi connectivity index (χ2v) is 9.41. The van der Waals surface area contributed by atoms with Gasteiger partial charge < -0.3 is 9.47 Å². The number of rotatable bonds is 3. The molecule has 2 aliphatic heterocycles. The van der Waals surface area contributed by atoms with E-state index in [1.165, 1.54) is 0 Å². The van der Waals surface area contributed by atoms with Crippen molar-refractivity contribution in [3.8, 4) is 11.5 Å². The Morgan fingerprint density at radius 3 is 2.50 bits per heavy atom. The van der Waals surface area contributed by atoms with Crippen LogP contribution in [0.3, 0.4) is 0 Å². The van der Waals surface area contributed by atoms with Crippen molar-refractivity contribution in [3.63, 3.8) is 0 Å². The fourth-order valence-electron chi connectivity index (χ4n) is 3.92. The average Bonchev–Trinajstić information content (AvgIpc) is 3.20.